The van der Waals surface area contributed by atoms with Crippen molar-refractivity contribution in [3.8, 4) is 0 Å². The number of carbonyl (C=O) groups excluding carboxylic acids is 1. The molecule has 1 aliphatic heterocycles. The van der Waals surface area contributed by atoms with Gasteiger partial charge in [0.05, 0.1) is 19.8 Å². The Balaban J connectivity index is 2.29. The van der Waals surface area contributed by atoms with Crippen LogP contribution in [0, 0.1) is 0 Å². The average Bonchev–Trinajstić information content (AvgIpc) is 3.27. The zero-order valence-electron chi connectivity index (χ0n) is 41.1. The summed E-state index contributed by atoms with van der Waals surface area (Å²) in [6, 6.07) is 0. The van der Waals surface area contributed by atoms with E-state index in [-0.39, 0.29) is 19.6 Å². The Bertz CT molecular complexity index is 1130. The van der Waals surface area contributed by atoms with E-state index in [1.165, 1.54) is 193 Å². The molecule has 0 aliphatic carbocycles. The van der Waals surface area contributed by atoms with Gasteiger partial charge in [-0.15, -0.1) is 0 Å². The van der Waals surface area contributed by atoms with E-state index in [0.29, 0.717) is 13.0 Å². The van der Waals surface area contributed by atoms with Gasteiger partial charge in [0.25, 0.3) is 0 Å². The molecule has 1 aliphatic rings. The maximum absolute atomic E-state index is 12.9. The van der Waals surface area contributed by atoms with Gasteiger partial charge in [0, 0.05) is 13.0 Å². The second-order valence-corrected chi connectivity index (χ2v) is 19.9. The summed E-state index contributed by atoms with van der Waals surface area (Å²) in [5.74, 6) is -0.392. The number of aliphatic hydroxyl groups is 3. The predicted octanol–water partition coefficient (Wildman–Crippen LogP) is 12.4. The lowest BCUT2D eigenvalue weighted by atomic mass is 9.99. The number of unbranched alkanes of at least 4 members (excludes halogenated alkanes) is 35. The van der Waals surface area contributed by atoms with Crippen molar-refractivity contribution in [1.82, 2.24) is 0 Å². The number of esters is 1. The maximum atomic E-state index is 12.9. The van der Waals surface area contributed by atoms with Gasteiger partial charge in [-0.2, -0.15) is 8.42 Å². The highest BCUT2D eigenvalue weighted by molar-refractivity contribution is 7.80. The Labute approximate surface area is 392 Å². The number of aliphatic hydroxyl groups excluding tert-OH is 3. The van der Waals surface area contributed by atoms with Crippen molar-refractivity contribution >= 4 is 16.4 Å². The molecule has 0 aromatic rings. The summed E-state index contributed by atoms with van der Waals surface area (Å²) in [4.78, 5) is 12.9. The first-order valence-corrected chi connectivity index (χ1v) is 28.2. The molecule has 1 fully saturated rings. The highest BCUT2D eigenvalue weighted by Crippen LogP contribution is 2.26. The molecule has 1 saturated heterocycles. The SMILES string of the molecule is CCCCCCCCCCCCCCCCCCCCCCCCCOCC(COC1OC(CO)C(O)C(OS(=O)(=O)O)C1O)OC(=O)CCCCCCCCCCCCCCCC. The summed E-state index contributed by atoms with van der Waals surface area (Å²) in [5.41, 5.74) is 0. The van der Waals surface area contributed by atoms with Crippen molar-refractivity contribution in [2.45, 2.75) is 295 Å². The molecule has 4 N–H and O–H groups in total. The number of hydrogen-bond donors (Lipinski definition) is 4. The Kier molecular flexibility index (Phi) is 41.4. The van der Waals surface area contributed by atoms with Crippen molar-refractivity contribution in [3.63, 3.8) is 0 Å². The van der Waals surface area contributed by atoms with Gasteiger partial charge >= 0.3 is 16.4 Å². The average molecular weight is 937 g/mol. The number of hydrogen-bond acceptors (Lipinski definition) is 11. The van der Waals surface area contributed by atoms with Crippen LogP contribution in [-0.4, -0.2) is 97.5 Å². The molecular weight excluding hydrogens is 837 g/mol. The minimum Gasteiger partial charge on any atom is -0.457 e. The summed E-state index contributed by atoms with van der Waals surface area (Å²) in [7, 11) is -5.06. The highest BCUT2D eigenvalue weighted by atomic mass is 32.3. The summed E-state index contributed by atoms with van der Waals surface area (Å²) in [6.45, 7) is 4.06. The highest BCUT2D eigenvalue weighted by Gasteiger charge is 2.48. The minimum absolute atomic E-state index is 0.0452. The second kappa shape index (κ2) is 43.4. The standard InChI is InChI=1S/C51H100O12S/c1-3-5-7-9-11-13-15-17-19-20-21-22-23-24-25-26-27-29-31-33-35-37-39-41-59-43-45(44-60-51-49(55)50(63-64(56,57)58)48(54)46(42-52)62-51)61-47(53)40-38-36-34-32-30-28-18-16-14-12-10-8-6-4-2/h45-46,48-52,54-55H,3-44H2,1-2H3,(H,56,57,58). The lowest BCUT2D eigenvalue weighted by Gasteiger charge is -2.41. The van der Waals surface area contributed by atoms with Crippen LogP contribution in [0.25, 0.3) is 0 Å². The third kappa shape index (κ3) is 36.2. The molecule has 0 bridgehead atoms. The number of rotatable bonds is 48. The van der Waals surface area contributed by atoms with E-state index in [1.807, 2.05) is 0 Å². The Hall–Kier alpha value is -0.900. The lowest BCUT2D eigenvalue weighted by molar-refractivity contribution is -0.301. The second-order valence-electron chi connectivity index (χ2n) is 18.8. The smallest absolute Gasteiger partial charge is 0.397 e. The molecule has 13 heteroatoms. The van der Waals surface area contributed by atoms with E-state index in [4.69, 9.17) is 18.9 Å². The monoisotopic (exact) mass is 937 g/mol. The fourth-order valence-electron chi connectivity index (χ4n) is 8.68. The van der Waals surface area contributed by atoms with Gasteiger partial charge in [-0.1, -0.05) is 239 Å². The molecule has 0 aromatic heterocycles. The van der Waals surface area contributed by atoms with Crippen LogP contribution in [0.15, 0.2) is 0 Å². The van der Waals surface area contributed by atoms with Crippen LogP contribution in [0.4, 0.5) is 0 Å². The van der Waals surface area contributed by atoms with Crippen molar-refractivity contribution in [2.75, 3.05) is 26.4 Å². The van der Waals surface area contributed by atoms with E-state index in [2.05, 4.69) is 18.0 Å². The third-order valence-corrected chi connectivity index (χ3v) is 13.2. The summed E-state index contributed by atoms with van der Waals surface area (Å²) in [6.07, 6.45) is 38.6. The Morgan fingerprint density at radius 3 is 1.25 bits per heavy atom. The Morgan fingerprint density at radius 1 is 0.531 bits per heavy atom. The van der Waals surface area contributed by atoms with Gasteiger partial charge in [-0.3, -0.25) is 9.35 Å². The van der Waals surface area contributed by atoms with Gasteiger partial charge in [-0.05, 0) is 12.8 Å². The molecule has 12 nitrogen and oxygen atoms in total. The minimum atomic E-state index is -5.06. The van der Waals surface area contributed by atoms with Gasteiger partial charge < -0.3 is 34.3 Å². The molecule has 0 spiro atoms. The normalized spacial score (nSPS) is 19.6. The molecule has 6 atom stereocenters. The van der Waals surface area contributed by atoms with Crippen LogP contribution in [0.1, 0.15) is 258 Å². The fourth-order valence-corrected chi connectivity index (χ4v) is 9.18. The maximum Gasteiger partial charge on any atom is 0.397 e. The van der Waals surface area contributed by atoms with Gasteiger partial charge in [0.2, 0.25) is 0 Å². The van der Waals surface area contributed by atoms with Crippen molar-refractivity contribution in [3.05, 3.63) is 0 Å². The molecule has 1 rings (SSSR count). The van der Waals surface area contributed by atoms with Crippen LogP contribution < -0.4 is 0 Å². The lowest BCUT2D eigenvalue weighted by Crippen LogP contribution is -2.60. The first kappa shape index (κ1) is 61.1. The zero-order valence-corrected chi connectivity index (χ0v) is 41.9. The largest absolute Gasteiger partial charge is 0.457 e. The van der Waals surface area contributed by atoms with Crippen LogP contribution >= 0.6 is 0 Å². The van der Waals surface area contributed by atoms with Crippen LogP contribution in [0.3, 0.4) is 0 Å². The molecule has 0 saturated carbocycles. The van der Waals surface area contributed by atoms with E-state index >= 15 is 0 Å². The van der Waals surface area contributed by atoms with Gasteiger partial charge in [0.1, 0.15) is 30.5 Å². The quantitative estimate of drug-likeness (QED) is 0.0258. The summed E-state index contributed by atoms with van der Waals surface area (Å²) in [5, 5.41) is 30.7. The van der Waals surface area contributed by atoms with E-state index in [1.54, 1.807) is 0 Å². The van der Waals surface area contributed by atoms with E-state index in [9.17, 15) is 33.1 Å². The number of ether oxygens (including phenoxy) is 4. The molecule has 64 heavy (non-hydrogen) atoms. The Morgan fingerprint density at radius 2 is 0.891 bits per heavy atom. The predicted molar refractivity (Wildman–Crippen MR) is 258 cm³/mol. The molecule has 0 amide bonds. The molecular formula is C51H100O12S. The molecule has 6 unspecified atom stereocenters. The van der Waals surface area contributed by atoms with Crippen LogP contribution in [0.5, 0.6) is 0 Å². The first-order valence-electron chi connectivity index (χ1n) is 26.8. The molecule has 382 valence electrons. The van der Waals surface area contributed by atoms with Crippen molar-refractivity contribution < 1.29 is 56.2 Å². The number of carbonyl (C=O) groups is 1. The first-order chi connectivity index (χ1) is 31.1. The fraction of sp³-hybridized carbons (Fsp3) is 0.980. The van der Waals surface area contributed by atoms with Gasteiger partial charge in [-0.25, -0.2) is 4.18 Å². The van der Waals surface area contributed by atoms with Crippen LogP contribution in [-0.2, 0) is 38.3 Å². The molecule has 0 radical (unpaired) electrons. The van der Waals surface area contributed by atoms with Gasteiger partial charge in [0.15, 0.2) is 6.29 Å². The summed E-state index contributed by atoms with van der Waals surface area (Å²) < 4.78 is 59.3. The molecule has 0 aromatic carbocycles. The van der Waals surface area contributed by atoms with Crippen LogP contribution in [0.2, 0.25) is 0 Å². The van der Waals surface area contributed by atoms with Crippen molar-refractivity contribution in [1.29, 1.82) is 0 Å². The van der Waals surface area contributed by atoms with E-state index < -0.39 is 59.8 Å². The topological polar surface area (TPSA) is 178 Å². The molecule has 1 heterocycles. The van der Waals surface area contributed by atoms with E-state index in [0.717, 1.165) is 38.5 Å². The third-order valence-electron chi connectivity index (χ3n) is 12.7. The zero-order chi connectivity index (χ0) is 46.8. The van der Waals surface area contributed by atoms with Crippen molar-refractivity contribution in [2.24, 2.45) is 0 Å². The summed E-state index contributed by atoms with van der Waals surface area (Å²) >= 11 is 0.